The van der Waals surface area contributed by atoms with Gasteiger partial charge < -0.3 is 10.5 Å². The van der Waals surface area contributed by atoms with Gasteiger partial charge >= 0.3 is 0 Å². The van der Waals surface area contributed by atoms with Gasteiger partial charge in [0.05, 0.1) is 23.5 Å². The highest BCUT2D eigenvalue weighted by molar-refractivity contribution is 7.99. The third kappa shape index (κ3) is 2.35. The normalized spacial score (nSPS) is 31.0. The first-order valence-corrected chi connectivity index (χ1v) is 8.67. The summed E-state index contributed by atoms with van der Waals surface area (Å²) >= 11 is 2.00. The van der Waals surface area contributed by atoms with Crippen molar-refractivity contribution >= 4 is 17.3 Å². The smallest absolute Gasteiger partial charge is 0.0892 e. The fourth-order valence-electron chi connectivity index (χ4n) is 3.60. The van der Waals surface area contributed by atoms with E-state index in [-0.39, 0.29) is 11.6 Å². The second kappa shape index (κ2) is 5.26. The maximum absolute atomic E-state index is 6.59. The molecule has 0 bridgehead atoms. The van der Waals surface area contributed by atoms with Gasteiger partial charge in [-0.2, -0.15) is 16.9 Å². The summed E-state index contributed by atoms with van der Waals surface area (Å²) < 4.78 is 7.95. The molecule has 0 amide bonds. The van der Waals surface area contributed by atoms with Crippen LogP contribution >= 0.6 is 11.8 Å². The van der Waals surface area contributed by atoms with Crippen molar-refractivity contribution in [3.05, 3.63) is 30.4 Å². The molecule has 0 saturated carbocycles. The second-order valence-corrected chi connectivity index (χ2v) is 7.22. The number of aromatic nitrogens is 3. The van der Waals surface area contributed by atoms with E-state index in [1.807, 2.05) is 34.9 Å². The van der Waals surface area contributed by atoms with Gasteiger partial charge in [0, 0.05) is 36.4 Å². The van der Waals surface area contributed by atoms with Crippen molar-refractivity contribution < 1.29 is 4.74 Å². The first-order chi connectivity index (χ1) is 10.3. The lowest BCUT2D eigenvalue weighted by Gasteiger charge is -2.39. The molecule has 0 radical (unpaired) electrons. The molecule has 2 saturated heterocycles. The Labute approximate surface area is 128 Å². The number of fused-ring (bicyclic) bond motifs is 1. The Morgan fingerprint density at radius 3 is 3.29 bits per heavy atom. The highest BCUT2D eigenvalue weighted by atomic mass is 32.2. The second-order valence-electron chi connectivity index (χ2n) is 6.12. The molecule has 21 heavy (non-hydrogen) atoms. The van der Waals surface area contributed by atoms with Crippen LogP contribution in [0.3, 0.4) is 0 Å². The van der Waals surface area contributed by atoms with Crippen LogP contribution in [0.5, 0.6) is 0 Å². The summed E-state index contributed by atoms with van der Waals surface area (Å²) in [5, 5.41) is 4.38. The zero-order valence-electron chi connectivity index (χ0n) is 11.9. The Kier molecular flexibility index (Phi) is 3.40. The van der Waals surface area contributed by atoms with E-state index in [1.54, 1.807) is 6.20 Å². The molecule has 2 aromatic heterocycles. The molecule has 0 aromatic carbocycles. The molecule has 0 aliphatic carbocycles. The third-order valence-corrected chi connectivity index (χ3v) is 6.04. The van der Waals surface area contributed by atoms with E-state index in [1.165, 1.54) is 5.75 Å². The highest BCUT2D eigenvalue weighted by Gasteiger charge is 2.42. The van der Waals surface area contributed by atoms with Crippen molar-refractivity contribution in [1.29, 1.82) is 0 Å². The third-order valence-electron chi connectivity index (χ3n) is 4.82. The Morgan fingerprint density at radius 2 is 2.43 bits per heavy atom. The molecule has 2 aliphatic heterocycles. The minimum absolute atomic E-state index is 0.0121. The van der Waals surface area contributed by atoms with Crippen LogP contribution in [0, 0.1) is 5.92 Å². The molecule has 1 spiro atoms. The molecule has 112 valence electrons. The molecule has 3 atom stereocenters. The molecule has 2 fully saturated rings. The van der Waals surface area contributed by atoms with Crippen LogP contribution < -0.4 is 5.73 Å². The first kappa shape index (κ1) is 13.5. The fraction of sp³-hybridized carbons (Fsp3) is 0.600. The summed E-state index contributed by atoms with van der Waals surface area (Å²) in [6.45, 7) is 0.830. The Bertz CT molecular complexity index is 637. The topological polar surface area (TPSA) is 65.4 Å². The standard InChI is InChI=1S/C15H20N4OS/c16-14(12-8-18-19-4-3-17-9-13(12)19)11-1-5-20-15(7-11)2-6-21-10-15/h3-4,8-9,11,14H,1-2,5-7,10,16H2. The molecular weight excluding hydrogens is 284 g/mol. The average Bonchev–Trinajstić information content (AvgIpc) is 3.14. The van der Waals surface area contributed by atoms with Gasteiger partial charge in [-0.3, -0.25) is 4.98 Å². The highest BCUT2D eigenvalue weighted by Crippen LogP contribution is 2.43. The van der Waals surface area contributed by atoms with Crippen molar-refractivity contribution in [3.8, 4) is 0 Å². The molecule has 4 heterocycles. The van der Waals surface area contributed by atoms with Gasteiger partial charge in [-0.15, -0.1) is 0 Å². The Hall–Kier alpha value is -1.11. The summed E-state index contributed by atoms with van der Waals surface area (Å²) in [7, 11) is 0. The minimum atomic E-state index is 0.0121. The maximum Gasteiger partial charge on any atom is 0.0892 e. The average molecular weight is 304 g/mol. The zero-order chi connectivity index (χ0) is 14.3. The number of nitrogens with zero attached hydrogens (tertiary/aromatic N) is 3. The number of hydrogen-bond donors (Lipinski definition) is 1. The summed E-state index contributed by atoms with van der Waals surface area (Å²) in [6.07, 6.45) is 10.6. The van der Waals surface area contributed by atoms with Crippen LogP contribution in [0.25, 0.3) is 5.52 Å². The molecule has 2 aliphatic rings. The van der Waals surface area contributed by atoms with Crippen LogP contribution in [-0.2, 0) is 4.74 Å². The van der Waals surface area contributed by atoms with Gasteiger partial charge in [-0.25, -0.2) is 4.52 Å². The summed E-state index contributed by atoms with van der Waals surface area (Å²) in [6, 6.07) is 0.0121. The van der Waals surface area contributed by atoms with Crippen molar-refractivity contribution in [1.82, 2.24) is 14.6 Å². The molecule has 2 aromatic rings. The molecule has 2 N–H and O–H groups in total. The maximum atomic E-state index is 6.59. The van der Waals surface area contributed by atoms with Crippen LogP contribution in [0.4, 0.5) is 0 Å². The van der Waals surface area contributed by atoms with Crippen molar-refractivity contribution in [3.63, 3.8) is 0 Å². The van der Waals surface area contributed by atoms with Crippen LogP contribution in [0.1, 0.15) is 30.9 Å². The summed E-state index contributed by atoms with van der Waals surface area (Å²) in [5.74, 6) is 2.79. The molecule has 4 rings (SSSR count). The number of hydrogen-bond acceptors (Lipinski definition) is 5. The molecular formula is C15H20N4OS. The van der Waals surface area contributed by atoms with E-state index < -0.39 is 0 Å². The minimum Gasteiger partial charge on any atom is -0.374 e. The zero-order valence-corrected chi connectivity index (χ0v) is 12.8. The van der Waals surface area contributed by atoms with Crippen molar-refractivity contribution in [2.75, 3.05) is 18.1 Å². The van der Waals surface area contributed by atoms with Gasteiger partial charge in [0.15, 0.2) is 0 Å². The van der Waals surface area contributed by atoms with Crippen LogP contribution in [0.2, 0.25) is 0 Å². The predicted octanol–water partition coefficient (Wildman–Crippen LogP) is 2.03. The lowest BCUT2D eigenvalue weighted by Crippen LogP contribution is -2.42. The van der Waals surface area contributed by atoms with Crippen LogP contribution in [0.15, 0.2) is 24.8 Å². The number of nitrogens with two attached hydrogens (primary N) is 1. The fourth-order valence-corrected chi connectivity index (χ4v) is 4.98. The molecule has 6 heteroatoms. The summed E-state index contributed by atoms with van der Waals surface area (Å²) in [4.78, 5) is 4.20. The monoisotopic (exact) mass is 304 g/mol. The van der Waals surface area contributed by atoms with Gasteiger partial charge in [0.2, 0.25) is 0 Å². The first-order valence-electron chi connectivity index (χ1n) is 7.52. The van der Waals surface area contributed by atoms with E-state index in [9.17, 15) is 0 Å². The largest absolute Gasteiger partial charge is 0.374 e. The SMILES string of the molecule is NC(c1cnn2ccncc12)C1CCOC2(CCSC2)C1. The lowest BCUT2D eigenvalue weighted by molar-refractivity contribution is -0.0833. The number of ether oxygens (including phenoxy) is 1. The molecule has 5 nitrogen and oxygen atoms in total. The van der Waals surface area contributed by atoms with E-state index in [2.05, 4.69) is 10.1 Å². The quantitative estimate of drug-likeness (QED) is 0.919. The summed E-state index contributed by atoms with van der Waals surface area (Å²) in [5.41, 5.74) is 8.79. The van der Waals surface area contributed by atoms with Crippen LogP contribution in [-0.4, -0.2) is 38.3 Å². The van der Waals surface area contributed by atoms with E-state index in [0.717, 1.165) is 42.7 Å². The van der Waals surface area contributed by atoms with Gasteiger partial charge in [-0.05, 0) is 30.9 Å². The Morgan fingerprint density at radius 1 is 1.48 bits per heavy atom. The van der Waals surface area contributed by atoms with E-state index in [0.29, 0.717) is 5.92 Å². The molecule has 3 unspecified atom stereocenters. The van der Waals surface area contributed by atoms with E-state index >= 15 is 0 Å². The number of thioether (sulfide) groups is 1. The van der Waals surface area contributed by atoms with Gasteiger partial charge in [-0.1, -0.05) is 0 Å². The van der Waals surface area contributed by atoms with Crippen molar-refractivity contribution in [2.24, 2.45) is 11.7 Å². The van der Waals surface area contributed by atoms with Gasteiger partial charge in [0.25, 0.3) is 0 Å². The Balaban J connectivity index is 1.60. The van der Waals surface area contributed by atoms with Gasteiger partial charge in [0.1, 0.15) is 0 Å². The number of rotatable bonds is 2. The van der Waals surface area contributed by atoms with Crippen molar-refractivity contribution in [2.45, 2.75) is 30.9 Å². The lowest BCUT2D eigenvalue weighted by atomic mass is 9.79. The van der Waals surface area contributed by atoms with E-state index in [4.69, 9.17) is 10.5 Å². The predicted molar refractivity (Wildman–Crippen MR) is 83.3 cm³/mol.